The average molecular weight is 230 g/mol. The number of hydrogen-bond acceptors (Lipinski definition) is 3. The largest absolute Gasteiger partial charge is 0.508 e. The van der Waals surface area contributed by atoms with Crippen LogP contribution < -0.4 is 0 Å². The highest BCUT2D eigenvalue weighted by molar-refractivity contribution is 5.72. The van der Waals surface area contributed by atoms with E-state index in [0.29, 0.717) is 0 Å². The average Bonchev–Trinajstić information content (AvgIpc) is 2.30. The van der Waals surface area contributed by atoms with Crippen molar-refractivity contribution in [2.45, 2.75) is 13.8 Å². The zero-order valence-electron chi connectivity index (χ0n) is 9.73. The Labute approximate surface area is 99.6 Å². The number of aromatic hydroxyl groups is 3. The quantitative estimate of drug-likeness (QED) is 0.660. The summed E-state index contributed by atoms with van der Waals surface area (Å²) >= 11 is 0. The van der Waals surface area contributed by atoms with Gasteiger partial charge in [-0.2, -0.15) is 0 Å². The fourth-order valence-corrected chi connectivity index (χ4v) is 1.81. The molecule has 0 aliphatic carbocycles. The minimum Gasteiger partial charge on any atom is -0.508 e. The molecule has 0 aliphatic heterocycles. The van der Waals surface area contributed by atoms with E-state index in [1.807, 2.05) is 13.8 Å². The zero-order chi connectivity index (χ0) is 12.6. The number of phenols is 3. The van der Waals surface area contributed by atoms with Gasteiger partial charge in [0.1, 0.15) is 5.75 Å². The molecule has 0 radical (unpaired) electrons. The van der Waals surface area contributed by atoms with Crippen molar-refractivity contribution in [2.24, 2.45) is 0 Å². The number of hydrogen-bond donors (Lipinski definition) is 3. The molecule has 0 atom stereocenters. The van der Waals surface area contributed by atoms with Crippen molar-refractivity contribution in [1.29, 1.82) is 0 Å². The van der Waals surface area contributed by atoms with Crippen LogP contribution in [0, 0.1) is 13.8 Å². The zero-order valence-corrected chi connectivity index (χ0v) is 9.73. The Hall–Kier alpha value is -2.16. The van der Waals surface area contributed by atoms with Gasteiger partial charge in [-0.1, -0.05) is 12.1 Å². The molecule has 0 fully saturated rings. The normalized spacial score (nSPS) is 10.5. The summed E-state index contributed by atoms with van der Waals surface area (Å²) in [5.41, 5.74) is 3.50. The van der Waals surface area contributed by atoms with Crippen LogP contribution in [0.3, 0.4) is 0 Å². The minimum absolute atomic E-state index is 0.137. The lowest BCUT2D eigenvalue weighted by Crippen LogP contribution is -1.88. The van der Waals surface area contributed by atoms with Crippen molar-refractivity contribution in [1.82, 2.24) is 0 Å². The van der Waals surface area contributed by atoms with E-state index in [-0.39, 0.29) is 17.2 Å². The summed E-state index contributed by atoms with van der Waals surface area (Å²) in [6.45, 7) is 3.75. The van der Waals surface area contributed by atoms with E-state index in [0.717, 1.165) is 22.3 Å². The third-order valence-corrected chi connectivity index (χ3v) is 3.05. The fourth-order valence-electron chi connectivity index (χ4n) is 1.81. The van der Waals surface area contributed by atoms with Gasteiger partial charge in [0.25, 0.3) is 0 Å². The molecule has 3 N–H and O–H groups in total. The molecule has 17 heavy (non-hydrogen) atoms. The van der Waals surface area contributed by atoms with Gasteiger partial charge in [0.05, 0.1) is 0 Å². The van der Waals surface area contributed by atoms with E-state index in [2.05, 4.69) is 0 Å². The summed E-state index contributed by atoms with van der Waals surface area (Å²) in [5.74, 6) is -0.0243. The summed E-state index contributed by atoms with van der Waals surface area (Å²) in [6.07, 6.45) is 0. The van der Waals surface area contributed by atoms with Crippen LogP contribution in [0.25, 0.3) is 11.1 Å². The second-order valence-electron chi connectivity index (χ2n) is 4.09. The highest BCUT2D eigenvalue weighted by atomic mass is 16.3. The van der Waals surface area contributed by atoms with Crippen LogP contribution in [0.15, 0.2) is 30.3 Å². The lowest BCUT2D eigenvalue weighted by atomic mass is 9.96. The van der Waals surface area contributed by atoms with Crippen molar-refractivity contribution in [3.8, 4) is 28.4 Å². The molecule has 0 bridgehead atoms. The molecular formula is C14H14O3. The maximum absolute atomic E-state index is 9.58. The minimum atomic E-state index is -0.146. The van der Waals surface area contributed by atoms with E-state index in [9.17, 15) is 15.3 Å². The van der Waals surface area contributed by atoms with E-state index in [1.54, 1.807) is 18.2 Å². The van der Waals surface area contributed by atoms with E-state index < -0.39 is 0 Å². The molecule has 0 aromatic heterocycles. The predicted octanol–water partition coefficient (Wildman–Crippen LogP) is 3.09. The topological polar surface area (TPSA) is 60.7 Å². The van der Waals surface area contributed by atoms with Crippen molar-refractivity contribution in [3.63, 3.8) is 0 Å². The molecule has 0 heterocycles. The van der Waals surface area contributed by atoms with Gasteiger partial charge in [-0.25, -0.2) is 0 Å². The molecule has 0 saturated carbocycles. The maximum Gasteiger partial charge on any atom is 0.158 e. The van der Waals surface area contributed by atoms with Gasteiger partial charge in [-0.3, -0.25) is 0 Å². The monoisotopic (exact) mass is 230 g/mol. The fraction of sp³-hybridized carbons (Fsp3) is 0.143. The standard InChI is InChI=1S/C14H14O3/c1-8-9(2)12(15)6-4-11(8)10-3-5-13(16)14(17)7-10/h3-7,15-17H,1-2H3. The smallest absolute Gasteiger partial charge is 0.158 e. The number of benzene rings is 2. The SMILES string of the molecule is Cc1c(O)ccc(-c2ccc(O)c(O)c2)c1C. The first kappa shape index (κ1) is 11.3. The molecule has 0 aliphatic rings. The van der Waals surface area contributed by atoms with E-state index in [1.165, 1.54) is 12.1 Å². The van der Waals surface area contributed by atoms with Gasteiger partial charge in [0.2, 0.25) is 0 Å². The molecule has 3 heteroatoms. The third-order valence-electron chi connectivity index (χ3n) is 3.05. The van der Waals surface area contributed by atoms with Crippen LogP contribution in [0.4, 0.5) is 0 Å². The molecule has 3 nitrogen and oxygen atoms in total. The van der Waals surface area contributed by atoms with Gasteiger partial charge >= 0.3 is 0 Å². The summed E-state index contributed by atoms with van der Waals surface area (Å²) in [6, 6.07) is 8.11. The Morgan fingerprint density at radius 3 is 2.00 bits per heavy atom. The van der Waals surface area contributed by atoms with Crippen LogP contribution >= 0.6 is 0 Å². The lowest BCUT2D eigenvalue weighted by Gasteiger charge is -2.11. The summed E-state index contributed by atoms with van der Waals surface area (Å²) in [7, 11) is 0. The van der Waals surface area contributed by atoms with Crippen LogP contribution in [0.1, 0.15) is 11.1 Å². The first-order valence-corrected chi connectivity index (χ1v) is 5.32. The molecular weight excluding hydrogens is 216 g/mol. The summed E-state index contributed by atoms with van der Waals surface area (Å²) < 4.78 is 0. The van der Waals surface area contributed by atoms with E-state index in [4.69, 9.17) is 0 Å². The summed E-state index contributed by atoms with van der Waals surface area (Å²) in [5, 5.41) is 28.3. The van der Waals surface area contributed by atoms with Crippen molar-refractivity contribution < 1.29 is 15.3 Å². The van der Waals surface area contributed by atoms with Crippen LogP contribution in [0.5, 0.6) is 17.2 Å². The van der Waals surface area contributed by atoms with Crippen LogP contribution in [0.2, 0.25) is 0 Å². The Kier molecular flexibility index (Phi) is 2.68. The second kappa shape index (κ2) is 4.01. The number of phenolic OH excluding ortho intramolecular Hbond substituents is 3. The Bertz CT molecular complexity index is 574. The second-order valence-corrected chi connectivity index (χ2v) is 4.09. The highest BCUT2D eigenvalue weighted by Crippen LogP contribution is 2.34. The highest BCUT2D eigenvalue weighted by Gasteiger charge is 2.09. The van der Waals surface area contributed by atoms with Gasteiger partial charge < -0.3 is 15.3 Å². The molecule has 2 aromatic carbocycles. The Balaban J connectivity index is 2.61. The predicted molar refractivity (Wildman–Crippen MR) is 66.3 cm³/mol. The Morgan fingerprint density at radius 1 is 0.706 bits per heavy atom. The number of rotatable bonds is 1. The lowest BCUT2D eigenvalue weighted by molar-refractivity contribution is 0.404. The maximum atomic E-state index is 9.58. The first-order valence-electron chi connectivity index (χ1n) is 5.32. The van der Waals surface area contributed by atoms with E-state index >= 15 is 0 Å². The molecule has 2 rings (SSSR count). The molecule has 0 unspecified atom stereocenters. The van der Waals surface area contributed by atoms with Crippen molar-refractivity contribution >= 4 is 0 Å². The van der Waals surface area contributed by atoms with Crippen molar-refractivity contribution in [2.75, 3.05) is 0 Å². The molecule has 0 spiro atoms. The molecule has 2 aromatic rings. The third kappa shape index (κ3) is 1.91. The summed E-state index contributed by atoms with van der Waals surface area (Å²) in [4.78, 5) is 0. The van der Waals surface area contributed by atoms with Crippen LogP contribution in [-0.4, -0.2) is 15.3 Å². The van der Waals surface area contributed by atoms with Crippen molar-refractivity contribution in [3.05, 3.63) is 41.5 Å². The van der Waals surface area contributed by atoms with Gasteiger partial charge in [-0.15, -0.1) is 0 Å². The molecule has 0 amide bonds. The molecule has 88 valence electrons. The molecule has 0 saturated heterocycles. The first-order chi connectivity index (χ1) is 8.00. The van der Waals surface area contributed by atoms with Gasteiger partial charge in [0, 0.05) is 0 Å². The van der Waals surface area contributed by atoms with Gasteiger partial charge in [0.15, 0.2) is 11.5 Å². The Morgan fingerprint density at radius 2 is 1.35 bits per heavy atom. The van der Waals surface area contributed by atoms with Gasteiger partial charge in [-0.05, 0) is 54.3 Å². The van der Waals surface area contributed by atoms with Crippen LogP contribution in [-0.2, 0) is 0 Å².